The molecule has 0 aromatic heterocycles. The van der Waals surface area contributed by atoms with Crippen LogP contribution in [-0.4, -0.2) is 10.0 Å². The average molecular weight is 193 g/mol. The van der Waals surface area contributed by atoms with E-state index in [0.29, 0.717) is 11.5 Å². The highest BCUT2D eigenvalue weighted by Crippen LogP contribution is 2.46. The molecule has 0 spiro atoms. The van der Waals surface area contributed by atoms with E-state index in [9.17, 15) is 15.2 Å². The largest absolute Gasteiger partial charge is 0.507 e. The molecule has 0 bridgehead atoms. The average Bonchev–Trinajstić information content (AvgIpc) is 2.92. The fourth-order valence-electron chi connectivity index (χ4n) is 1.63. The van der Waals surface area contributed by atoms with Gasteiger partial charge in [0, 0.05) is 6.07 Å². The normalized spacial score (nSPS) is 15.5. The van der Waals surface area contributed by atoms with E-state index in [1.807, 2.05) is 0 Å². The minimum atomic E-state index is -0.467. The van der Waals surface area contributed by atoms with Crippen LogP contribution in [-0.2, 0) is 0 Å². The molecule has 1 saturated carbocycles. The van der Waals surface area contributed by atoms with E-state index in [2.05, 4.69) is 0 Å². The van der Waals surface area contributed by atoms with Gasteiger partial charge in [-0.15, -0.1) is 0 Å². The zero-order valence-electron chi connectivity index (χ0n) is 7.86. The highest BCUT2D eigenvalue weighted by molar-refractivity contribution is 5.54. The molecule has 1 fully saturated rings. The van der Waals surface area contributed by atoms with E-state index in [-0.39, 0.29) is 11.4 Å². The number of hydrogen-bond acceptors (Lipinski definition) is 3. The van der Waals surface area contributed by atoms with Crippen molar-refractivity contribution in [3.05, 3.63) is 33.4 Å². The van der Waals surface area contributed by atoms with Crippen molar-refractivity contribution in [1.82, 2.24) is 0 Å². The van der Waals surface area contributed by atoms with Crippen molar-refractivity contribution in [3.8, 4) is 5.75 Å². The molecular weight excluding hydrogens is 182 g/mol. The molecule has 14 heavy (non-hydrogen) atoms. The lowest BCUT2D eigenvalue weighted by atomic mass is 10.0. The van der Waals surface area contributed by atoms with Gasteiger partial charge in [-0.1, -0.05) is 0 Å². The third-order valence-corrected chi connectivity index (χ3v) is 2.65. The summed E-state index contributed by atoms with van der Waals surface area (Å²) in [6.07, 6.45) is 2.15. The Labute approximate surface area is 81.3 Å². The Bertz CT molecular complexity index is 397. The molecular formula is C10H11NO3. The predicted octanol–water partition coefficient (Wildman–Crippen LogP) is 2.49. The van der Waals surface area contributed by atoms with Crippen molar-refractivity contribution in [2.75, 3.05) is 0 Å². The first-order valence-corrected chi connectivity index (χ1v) is 4.58. The van der Waals surface area contributed by atoms with Crippen LogP contribution in [0.1, 0.15) is 29.9 Å². The molecule has 0 radical (unpaired) electrons. The van der Waals surface area contributed by atoms with Gasteiger partial charge in [0.05, 0.1) is 10.5 Å². The molecule has 4 heteroatoms. The van der Waals surface area contributed by atoms with E-state index in [0.717, 1.165) is 18.4 Å². The van der Waals surface area contributed by atoms with E-state index in [1.165, 1.54) is 6.07 Å². The summed E-state index contributed by atoms with van der Waals surface area (Å²) in [6, 6.07) is 3.14. The van der Waals surface area contributed by atoms with Crippen molar-refractivity contribution >= 4 is 5.69 Å². The molecule has 0 amide bonds. The number of phenolic OH excluding ortho intramolecular Hbond substituents is 1. The minimum Gasteiger partial charge on any atom is -0.507 e. The Morgan fingerprint density at radius 3 is 2.64 bits per heavy atom. The van der Waals surface area contributed by atoms with E-state index >= 15 is 0 Å². The summed E-state index contributed by atoms with van der Waals surface area (Å²) in [5, 5.41) is 20.3. The fourth-order valence-corrected chi connectivity index (χ4v) is 1.63. The molecule has 2 rings (SSSR count). The smallest absolute Gasteiger partial charge is 0.276 e. The number of hydrogen-bond donors (Lipinski definition) is 1. The van der Waals surface area contributed by atoms with E-state index < -0.39 is 4.92 Å². The van der Waals surface area contributed by atoms with Crippen LogP contribution < -0.4 is 0 Å². The number of nitrogens with zero attached hydrogens (tertiary/aromatic N) is 1. The molecule has 0 atom stereocenters. The maximum Gasteiger partial charge on any atom is 0.276 e. The van der Waals surface area contributed by atoms with Crippen LogP contribution in [0.3, 0.4) is 0 Å². The molecule has 0 aliphatic heterocycles. The maximum atomic E-state index is 10.6. The lowest BCUT2D eigenvalue weighted by Crippen LogP contribution is -1.94. The van der Waals surface area contributed by atoms with Gasteiger partial charge in [-0.3, -0.25) is 10.1 Å². The van der Waals surface area contributed by atoms with Crippen molar-refractivity contribution in [1.29, 1.82) is 0 Å². The summed E-state index contributed by atoms with van der Waals surface area (Å²) in [7, 11) is 0. The summed E-state index contributed by atoms with van der Waals surface area (Å²) in [5.41, 5.74) is 1.22. The van der Waals surface area contributed by atoms with Gasteiger partial charge >= 0.3 is 0 Å². The molecule has 74 valence electrons. The number of aromatic hydroxyl groups is 1. The number of rotatable bonds is 2. The predicted molar refractivity (Wildman–Crippen MR) is 51.5 cm³/mol. The first-order chi connectivity index (χ1) is 6.61. The van der Waals surface area contributed by atoms with Gasteiger partial charge in [0.1, 0.15) is 5.75 Å². The molecule has 0 unspecified atom stereocenters. The van der Waals surface area contributed by atoms with Crippen molar-refractivity contribution in [2.24, 2.45) is 0 Å². The summed E-state index contributed by atoms with van der Waals surface area (Å²) in [5.74, 6) is 0.510. The second kappa shape index (κ2) is 2.97. The molecule has 4 nitrogen and oxygen atoms in total. The summed E-state index contributed by atoms with van der Waals surface area (Å²) in [4.78, 5) is 10.1. The van der Waals surface area contributed by atoms with Crippen LogP contribution in [0.15, 0.2) is 12.1 Å². The number of nitro groups is 1. The Balaban J connectivity index is 2.50. The van der Waals surface area contributed by atoms with Gasteiger partial charge in [-0.2, -0.15) is 0 Å². The van der Waals surface area contributed by atoms with Crippen molar-refractivity contribution < 1.29 is 10.0 Å². The quantitative estimate of drug-likeness (QED) is 0.579. The molecule has 0 saturated heterocycles. The summed E-state index contributed by atoms with van der Waals surface area (Å²) < 4.78 is 0. The first-order valence-electron chi connectivity index (χ1n) is 4.58. The molecule has 1 aromatic rings. The van der Waals surface area contributed by atoms with Gasteiger partial charge in [0.15, 0.2) is 0 Å². The van der Waals surface area contributed by atoms with Crippen molar-refractivity contribution in [2.45, 2.75) is 25.7 Å². The molecule has 1 aromatic carbocycles. The minimum absolute atomic E-state index is 0.00750. The van der Waals surface area contributed by atoms with Gasteiger partial charge in [0.25, 0.3) is 5.69 Å². The highest BCUT2D eigenvalue weighted by Gasteiger charge is 2.28. The van der Waals surface area contributed by atoms with E-state index in [4.69, 9.17) is 0 Å². The third-order valence-electron chi connectivity index (χ3n) is 2.65. The monoisotopic (exact) mass is 193 g/mol. The zero-order chi connectivity index (χ0) is 10.3. The van der Waals surface area contributed by atoms with Crippen LogP contribution in [0, 0.1) is 17.0 Å². The lowest BCUT2D eigenvalue weighted by molar-refractivity contribution is -0.385. The number of nitro benzene ring substituents is 1. The fraction of sp³-hybridized carbons (Fsp3) is 0.400. The lowest BCUT2D eigenvalue weighted by Gasteiger charge is -2.05. The van der Waals surface area contributed by atoms with Gasteiger partial charge in [-0.25, -0.2) is 0 Å². The third kappa shape index (κ3) is 1.32. The van der Waals surface area contributed by atoms with Gasteiger partial charge in [0.2, 0.25) is 0 Å². The molecule has 1 aliphatic rings. The Morgan fingerprint density at radius 2 is 2.14 bits per heavy atom. The molecule has 0 heterocycles. The van der Waals surface area contributed by atoms with Crippen molar-refractivity contribution in [3.63, 3.8) is 0 Å². The molecule has 1 N–H and O–H groups in total. The van der Waals surface area contributed by atoms with Crippen LogP contribution >= 0.6 is 0 Å². The number of benzene rings is 1. The van der Waals surface area contributed by atoms with E-state index in [1.54, 1.807) is 13.0 Å². The summed E-state index contributed by atoms with van der Waals surface area (Å²) >= 11 is 0. The zero-order valence-corrected chi connectivity index (χ0v) is 7.86. The van der Waals surface area contributed by atoms with Crippen LogP contribution in [0.5, 0.6) is 5.75 Å². The van der Waals surface area contributed by atoms with Gasteiger partial charge in [-0.05, 0) is 37.3 Å². The summed E-state index contributed by atoms with van der Waals surface area (Å²) in [6.45, 7) is 1.58. The Hall–Kier alpha value is -1.58. The highest BCUT2D eigenvalue weighted by atomic mass is 16.6. The standard InChI is InChI=1S/C10H11NO3/c1-6-9(11(13)14)5-4-8(10(6)12)7-2-3-7/h4-5,7,12H,2-3H2,1H3. The van der Waals surface area contributed by atoms with Crippen LogP contribution in [0.4, 0.5) is 5.69 Å². The topological polar surface area (TPSA) is 63.4 Å². The second-order valence-corrected chi connectivity index (χ2v) is 3.68. The van der Waals surface area contributed by atoms with Crippen LogP contribution in [0.25, 0.3) is 0 Å². The van der Waals surface area contributed by atoms with Gasteiger partial charge < -0.3 is 5.11 Å². The Kier molecular flexibility index (Phi) is 1.91. The molecule has 1 aliphatic carbocycles. The van der Waals surface area contributed by atoms with Crippen LogP contribution in [0.2, 0.25) is 0 Å². The second-order valence-electron chi connectivity index (χ2n) is 3.68. The maximum absolute atomic E-state index is 10.6. The number of phenols is 1. The first kappa shape index (κ1) is 8.99. The SMILES string of the molecule is Cc1c([N+](=O)[O-])ccc(C2CC2)c1O. The Morgan fingerprint density at radius 1 is 1.50 bits per heavy atom.